The number of amides is 1. The molecule has 2 N–H and O–H groups in total. The number of ether oxygens (including phenoxy) is 5. The van der Waals surface area contributed by atoms with Gasteiger partial charge in [-0.15, -0.1) is 0 Å². The first kappa shape index (κ1) is 28.5. The molecule has 0 aliphatic carbocycles. The molecule has 4 rings (SSSR count). The molecule has 0 aliphatic heterocycles. The van der Waals surface area contributed by atoms with E-state index in [1.807, 2.05) is 7.05 Å². The van der Waals surface area contributed by atoms with E-state index in [2.05, 4.69) is 20.6 Å². The maximum absolute atomic E-state index is 15.1. The van der Waals surface area contributed by atoms with Crippen LogP contribution in [-0.4, -0.2) is 63.5 Å². The molecule has 2 aromatic carbocycles. The van der Waals surface area contributed by atoms with E-state index >= 15 is 8.78 Å². The molecule has 2 aromatic heterocycles. The molecule has 12 heteroatoms. The van der Waals surface area contributed by atoms with Crippen molar-refractivity contribution in [1.82, 2.24) is 15.3 Å². The van der Waals surface area contributed by atoms with E-state index in [9.17, 15) is 4.79 Å². The van der Waals surface area contributed by atoms with Crippen LogP contribution in [0.4, 0.5) is 14.5 Å². The van der Waals surface area contributed by atoms with Gasteiger partial charge < -0.3 is 34.3 Å². The Morgan fingerprint density at radius 3 is 2.38 bits per heavy atom. The lowest BCUT2D eigenvalue weighted by molar-refractivity contribution is 0.101. The summed E-state index contributed by atoms with van der Waals surface area (Å²) in [5.41, 5.74) is 0.442. The number of aromatic nitrogens is 2. The average Bonchev–Trinajstić information content (AvgIpc) is 2.95. The highest BCUT2D eigenvalue weighted by Crippen LogP contribution is 2.38. The number of likely N-dealkylation sites (N-methyl/N-ethyl adjacent to an activating group) is 1. The third-order valence-corrected chi connectivity index (χ3v) is 5.64. The number of nitrogens with zero attached hydrogens (tertiary/aromatic N) is 2. The maximum Gasteiger partial charge on any atom is 0.261 e. The Morgan fingerprint density at radius 1 is 0.900 bits per heavy atom. The van der Waals surface area contributed by atoms with Crippen LogP contribution in [-0.2, 0) is 4.74 Å². The van der Waals surface area contributed by atoms with E-state index < -0.39 is 23.3 Å². The molecule has 40 heavy (non-hydrogen) atoms. The first-order chi connectivity index (χ1) is 19.4. The summed E-state index contributed by atoms with van der Waals surface area (Å²) in [6, 6.07) is 8.18. The topological polar surface area (TPSA) is 113 Å². The maximum atomic E-state index is 15.1. The minimum Gasteiger partial charge on any atom is -0.493 e. The van der Waals surface area contributed by atoms with Crippen LogP contribution in [0.2, 0.25) is 0 Å². The fraction of sp³-hybridized carbons (Fsp3) is 0.250. The highest BCUT2D eigenvalue weighted by molar-refractivity contribution is 6.06. The van der Waals surface area contributed by atoms with Gasteiger partial charge in [-0.3, -0.25) is 14.8 Å². The second-order valence-corrected chi connectivity index (χ2v) is 8.32. The van der Waals surface area contributed by atoms with Crippen LogP contribution >= 0.6 is 0 Å². The van der Waals surface area contributed by atoms with Gasteiger partial charge in [-0.1, -0.05) is 0 Å². The van der Waals surface area contributed by atoms with Crippen LogP contribution in [0.15, 0.2) is 55.0 Å². The van der Waals surface area contributed by atoms with Gasteiger partial charge in [0, 0.05) is 61.5 Å². The molecule has 0 aliphatic rings. The number of nitrogens with one attached hydrogen (secondary N) is 2. The molecule has 0 saturated heterocycles. The van der Waals surface area contributed by atoms with Gasteiger partial charge in [0.1, 0.15) is 24.7 Å². The summed E-state index contributed by atoms with van der Waals surface area (Å²) in [6.07, 6.45) is 4.20. The number of anilines is 1. The van der Waals surface area contributed by atoms with Gasteiger partial charge in [-0.05, 0) is 25.2 Å². The third kappa shape index (κ3) is 6.71. The molecule has 0 saturated carbocycles. The van der Waals surface area contributed by atoms with Crippen LogP contribution in [0.5, 0.6) is 28.7 Å². The molecular weight excluding hydrogens is 526 g/mol. The normalized spacial score (nSPS) is 10.8. The molecule has 0 unspecified atom stereocenters. The highest BCUT2D eigenvalue weighted by Gasteiger charge is 2.19. The number of methoxy groups -OCH3 is 2. The van der Waals surface area contributed by atoms with Gasteiger partial charge in [-0.2, -0.15) is 0 Å². The van der Waals surface area contributed by atoms with Crippen molar-refractivity contribution in [2.75, 3.05) is 52.9 Å². The summed E-state index contributed by atoms with van der Waals surface area (Å²) >= 11 is 0. The molecule has 1 amide bonds. The molecule has 0 spiro atoms. The monoisotopic (exact) mass is 554 g/mol. The van der Waals surface area contributed by atoms with Crippen LogP contribution in [0.3, 0.4) is 0 Å². The number of carbonyl (C=O) groups excluding carboxylic acids is 1. The number of rotatable bonds is 13. The molecule has 4 aromatic rings. The quantitative estimate of drug-likeness (QED) is 0.229. The van der Waals surface area contributed by atoms with Crippen molar-refractivity contribution in [3.63, 3.8) is 0 Å². The summed E-state index contributed by atoms with van der Waals surface area (Å²) < 4.78 is 57.5. The summed E-state index contributed by atoms with van der Waals surface area (Å²) in [5.74, 6) is -2.09. The summed E-state index contributed by atoms with van der Waals surface area (Å²) in [6.45, 7) is 1.54. The van der Waals surface area contributed by atoms with E-state index in [0.717, 1.165) is 12.1 Å². The Labute approximate surface area is 229 Å². The molecule has 0 bridgehead atoms. The van der Waals surface area contributed by atoms with Crippen molar-refractivity contribution in [2.24, 2.45) is 0 Å². The van der Waals surface area contributed by atoms with Crippen LogP contribution in [0.25, 0.3) is 10.9 Å². The minimum absolute atomic E-state index is 0.0891. The van der Waals surface area contributed by atoms with E-state index in [-0.39, 0.29) is 29.4 Å². The molecule has 0 atom stereocenters. The van der Waals surface area contributed by atoms with E-state index in [0.29, 0.717) is 42.2 Å². The average molecular weight is 555 g/mol. The smallest absolute Gasteiger partial charge is 0.261 e. The van der Waals surface area contributed by atoms with Crippen molar-refractivity contribution >= 4 is 22.5 Å². The standard InChI is InChI=1S/C28H28F2N4O6/c1-31-8-9-38-26-15-22-18(14-25(26)37-3)24(5-7-33-22)40-27-20(29)12-17(13-21(27)30)34-28(35)19-16-32-6-4-23(19)39-11-10-36-2/h4-7,12-16,31H,8-11H2,1-3H3,(H,34,35). The fourth-order valence-electron chi connectivity index (χ4n) is 3.70. The van der Waals surface area contributed by atoms with Crippen LogP contribution in [0.1, 0.15) is 10.4 Å². The van der Waals surface area contributed by atoms with Gasteiger partial charge in [0.25, 0.3) is 5.91 Å². The lowest BCUT2D eigenvalue weighted by atomic mass is 10.1. The van der Waals surface area contributed by atoms with E-state index in [1.165, 1.54) is 44.9 Å². The van der Waals surface area contributed by atoms with Crippen LogP contribution < -0.4 is 29.6 Å². The van der Waals surface area contributed by atoms with E-state index in [4.69, 9.17) is 23.7 Å². The highest BCUT2D eigenvalue weighted by atomic mass is 19.1. The lowest BCUT2D eigenvalue weighted by Crippen LogP contribution is -2.16. The SMILES string of the molecule is CNCCOc1cc2nccc(Oc3c(F)cc(NC(=O)c4cnccc4OCCOC)cc3F)c2cc1OC. The zero-order valence-corrected chi connectivity index (χ0v) is 22.1. The Hall–Kier alpha value is -4.55. The second-order valence-electron chi connectivity index (χ2n) is 8.32. The first-order valence-corrected chi connectivity index (χ1v) is 12.2. The molecule has 10 nitrogen and oxygen atoms in total. The van der Waals surface area contributed by atoms with Gasteiger partial charge in [0.15, 0.2) is 28.9 Å². The van der Waals surface area contributed by atoms with Crippen molar-refractivity contribution in [2.45, 2.75) is 0 Å². The number of fused-ring (bicyclic) bond motifs is 1. The Bertz CT molecular complexity index is 1460. The number of hydrogen-bond acceptors (Lipinski definition) is 9. The Balaban J connectivity index is 1.56. The lowest BCUT2D eigenvalue weighted by Gasteiger charge is -2.15. The largest absolute Gasteiger partial charge is 0.493 e. The first-order valence-electron chi connectivity index (χ1n) is 12.2. The summed E-state index contributed by atoms with van der Waals surface area (Å²) in [7, 11) is 4.81. The molecule has 0 fully saturated rings. The minimum atomic E-state index is -1.03. The van der Waals surface area contributed by atoms with Gasteiger partial charge in [-0.25, -0.2) is 8.78 Å². The number of hydrogen-bond donors (Lipinski definition) is 2. The Kier molecular flexibility index (Phi) is 9.60. The number of benzene rings is 2. The van der Waals surface area contributed by atoms with Crippen molar-refractivity contribution < 1.29 is 37.3 Å². The molecular formula is C28H28F2N4O6. The zero-order valence-electron chi connectivity index (χ0n) is 22.1. The number of pyridine rings is 2. The fourth-order valence-corrected chi connectivity index (χ4v) is 3.70. The van der Waals surface area contributed by atoms with Crippen LogP contribution in [0, 0.1) is 11.6 Å². The predicted molar refractivity (Wildman–Crippen MR) is 144 cm³/mol. The number of halogens is 2. The zero-order chi connectivity index (χ0) is 28.5. The van der Waals surface area contributed by atoms with Crippen molar-refractivity contribution in [1.29, 1.82) is 0 Å². The second kappa shape index (κ2) is 13.5. The third-order valence-electron chi connectivity index (χ3n) is 5.64. The number of carbonyl (C=O) groups is 1. The van der Waals surface area contributed by atoms with Crippen molar-refractivity contribution in [3.05, 3.63) is 72.2 Å². The predicted octanol–water partition coefficient (Wildman–Crippen LogP) is 4.58. The van der Waals surface area contributed by atoms with Gasteiger partial charge in [0.2, 0.25) is 0 Å². The van der Waals surface area contributed by atoms with Gasteiger partial charge in [0.05, 0.1) is 24.8 Å². The molecule has 210 valence electrons. The molecule has 0 radical (unpaired) electrons. The van der Waals surface area contributed by atoms with Crippen molar-refractivity contribution in [3.8, 4) is 28.7 Å². The summed E-state index contributed by atoms with van der Waals surface area (Å²) in [4.78, 5) is 21.1. The molecule has 2 heterocycles. The summed E-state index contributed by atoms with van der Waals surface area (Å²) in [5, 5.41) is 5.90. The Morgan fingerprint density at radius 2 is 1.65 bits per heavy atom. The van der Waals surface area contributed by atoms with E-state index in [1.54, 1.807) is 12.1 Å². The van der Waals surface area contributed by atoms with Gasteiger partial charge >= 0.3 is 0 Å².